The Hall–Kier alpha value is -4.29. The summed E-state index contributed by atoms with van der Waals surface area (Å²) in [6.45, 7) is 2.15. The van der Waals surface area contributed by atoms with Gasteiger partial charge in [-0.15, -0.1) is 5.10 Å². The molecule has 0 bridgehead atoms. The minimum Gasteiger partial charge on any atom is -0.494 e. The largest absolute Gasteiger partial charge is 0.494 e. The van der Waals surface area contributed by atoms with Crippen LogP contribution in [0.2, 0.25) is 0 Å². The molecule has 2 heterocycles. The zero-order valence-corrected chi connectivity index (χ0v) is 20.1. The first kappa shape index (κ1) is 25.8. The molecule has 196 valence electrons. The first-order chi connectivity index (χ1) is 17.9. The van der Waals surface area contributed by atoms with Crippen LogP contribution in [0.15, 0.2) is 34.9 Å². The smallest absolute Gasteiger partial charge is 0.320 e. The first-order valence-electron chi connectivity index (χ1n) is 11.6. The van der Waals surface area contributed by atoms with Gasteiger partial charge in [-0.25, -0.2) is 13.8 Å². The van der Waals surface area contributed by atoms with E-state index in [0.717, 1.165) is 12.1 Å². The quantitative estimate of drug-likeness (QED) is 0.396. The molecule has 4 rings (SSSR count). The lowest BCUT2D eigenvalue weighted by Crippen LogP contribution is -2.29. The third-order valence-corrected chi connectivity index (χ3v) is 5.68. The van der Waals surface area contributed by atoms with E-state index in [2.05, 4.69) is 25.8 Å². The van der Waals surface area contributed by atoms with Crippen LogP contribution in [0.5, 0.6) is 11.6 Å². The fourth-order valence-corrected chi connectivity index (χ4v) is 3.83. The average molecular weight is 517 g/mol. The van der Waals surface area contributed by atoms with Crippen LogP contribution in [0.1, 0.15) is 43.3 Å². The molecule has 0 spiro atoms. The number of pyridine rings is 1. The van der Waals surface area contributed by atoms with Crippen LogP contribution >= 0.6 is 0 Å². The van der Waals surface area contributed by atoms with Crippen LogP contribution in [0.25, 0.3) is 0 Å². The van der Waals surface area contributed by atoms with Gasteiger partial charge in [-0.2, -0.15) is 0 Å². The van der Waals surface area contributed by atoms with Gasteiger partial charge in [0.15, 0.2) is 11.6 Å². The zero-order valence-electron chi connectivity index (χ0n) is 20.1. The van der Waals surface area contributed by atoms with Crippen molar-refractivity contribution in [2.75, 3.05) is 24.4 Å². The molecule has 0 atom stereocenters. The fraction of sp³-hybridized carbons (Fsp3) is 0.375. The third kappa shape index (κ3) is 6.48. The van der Waals surface area contributed by atoms with Crippen LogP contribution in [0, 0.1) is 17.6 Å². The van der Waals surface area contributed by atoms with E-state index in [9.17, 15) is 18.4 Å². The predicted octanol–water partition coefficient (Wildman–Crippen LogP) is 4.25. The van der Waals surface area contributed by atoms with E-state index in [-0.39, 0.29) is 41.3 Å². The van der Waals surface area contributed by atoms with Crippen LogP contribution in [-0.4, -0.2) is 46.9 Å². The number of amides is 1. The molecule has 11 nitrogen and oxygen atoms in total. The summed E-state index contributed by atoms with van der Waals surface area (Å²) >= 11 is 0. The molecule has 2 N–H and O–H groups in total. The third-order valence-electron chi connectivity index (χ3n) is 5.68. The molecular formula is C24H25F2N5O6. The molecule has 1 fully saturated rings. The van der Waals surface area contributed by atoms with E-state index in [1.165, 1.54) is 25.4 Å². The molecule has 2 aromatic heterocycles. The number of benzene rings is 1. The van der Waals surface area contributed by atoms with Crippen molar-refractivity contribution in [1.82, 2.24) is 15.2 Å². The number of esters is 1. The number of carbonyl (C=O) groups is 2. The lowest BCUT2D eigenvalue weighted by Gasteiger charge is -2.27. The molecule has 37 heavy (non-hydrogen) atoms. The Labute approximate surface area is 210 Å². The number of rotatable bonds is 9. The van der Waals surface area contributed by atoms with Crippen molar-refractivity contribution in [2.24, 2.45) is 5.92 Å². The van der Waals surface area contributed by atoms with Crippen molar-refractivity contribution in [3.63, 3.8) is 0 Å². The number of hydrogen-bond donors (Lipinski definition) is 2. The van der Waals surface area contributed by atoms with Gasteiger partial charge in [0.1, 0.15) is 17.5 Å². The molecule has 1 aliphatic carbocycles. The Bertz CT molecular complexity index is 1260. The van der Waals surface area contributed by atoms with Gasteiger partial charge in [0.25, 0.3) is 0 Å². The molecule has 1 aromatic carbocycles. The molecule has 13 heteroatoms. The lowest BCUT2D eigenvalue weighted by molar-refractivity contribution is -0.149. The van der Waals surface area contributed by atoms with Crippen LogP contribution in [0.4, 0.5) is 26.2 Å². The predicted molar refractivity (Wildman–Crippen MR) is 126 cm³/mol. The topological polar surface area (TPSA) is 138 Å². The van der Waals surface area contributed by atoms with Gasteiger partial charge in [0.2, 0.25) is 5.88 Å². The summed E-state index contributed by atoms with van der Waals surface area (Å²) in [4.78, 5) is 28.7. The standard InChI is InChI=1S/C24H25F2N5O6/c1-3-35-23(33)13-4-7-15(8-5-13)36-20-11-19(34-2)18(12-27-20)29-21(32)22-30-31-24(37-22)28-14-6-9-16(25)17(26)10-14/h6,9-13,15H,3-5,7-8H2,1-2H3,(H,28,31)(H,29,32)/t13-,15-. The maximum atomic E-state index is 13.4. The Balaban J connectivity index is 1.34. The van der Waals surface area contributed by atoms with Crippen molar-refractivity contribution in [3.8, 4) is 11.6 Å². The van der Waals surface area contributed by atoms with Crippen molar-refractivity contribution in [2.45, 2.75) is 38.7 Å². The fourth-order valence-electron chi connectivity index (χ4n) is 3.83. The maximum absolute atomic E-state index is 13.4. The van der Waals surface area contributed by atoms with Crippen molar-refractivity contribution < 1.29 is 37.0 Å². The minimum absolute atomic E-state index is 0.109. The van der Waals surface area contributed by atoms with E-state index in [0.29, 0.717) is 43.9 Å². The van der Waals surface area contributed by atoms with Gasteiger partial charge in [-0.3, -0.25) is 9.59 Å². The van der Waals surface area contributed by atoms with Crippen molar-refractivity contribution in [1.29, 1.82) is 0 Å². The highest BCUT2D eigenvalue weighted by Gasteiger charge is 2.28. The van der Waals surface area contributed by atoms with Gasteiger partial charge in [-0.1, -0.05) is 5.10 Å². The molecular weight excluding hydrogens is 492 g/mol. The monoisotopic (exact) mass is 517 g/mol. The number of hydrogen-bond acceptors (Lipinski definition) is 10. The highest BCUT2D eigenvalue weighted by Crippen LogP contribution is 2.31. The van der Waals surface area contributed by atoms with Crippen molar-refractivity contribution >= 4 is 29.3 Å². The van der Waals surface area contributed by atoms with E-state index >= 15 is 0 Å². The summed E-state index contributed by atoms with van der Waals surface area (Å²) in [6.07, 6.45) is 3.97. The second-order valence-corrected chi connectivity index (χ2v) is 8.19. The summed E-state index contributed by atoms with van der Waals surface area (Å²) in [5, 5.41) is 12.5. The van der Waals surface area contributed by atoms with E-state index in [1.54, 1.807) is 6.92 Å². The summed E-state index contributed by atoms with van der Waals surface area (Å²) in [6, 6.07) is 4.46. The number of nitrogens with one attached hydrogen (secondary N) is 2. The molecule has 3 aromatic rings. The highest BCUT2D eigenvalue weighted by molar-refractivity contribution is 6.01. The van der Waals surface area contributed by atoms with Gasteiger partial charge >= 0.3 is 23.8 Å². The van der Waals surface area contributed by atoms with Crippen LogP contribution in [0.3, 0.4) is 0 Å². The van der Waals surface area contributed by atoms with Crippen LogP contribution < -0.4 is 20.1 Å². The average Bonchev–Trinajstić information content (AvgIpc) is 3.36. The zero-order chi connectivity index (χ0) is 26.4. The van der Waals surface area contributed by atoms with Gasteiger partial charge in [0, 0.05) is 17.8 Å². The molecule has 0 unspecified atom stereocenters. The number of aromatic nitrogens is 3. The number of anilines is 3. The normalized spacial score (nSPS) is 17.1. The van der Waals surface area contributed by atoms with Crippen molar-refractivity contribution in [3.05, 3.63) is 48.0 Å². The minimum atomic E-state index is -1.06. The van der Waals surface area contributed by atoms with E-state index in [1.807, 2.05) is 0 Å². The van der Waals surface area contributed by atoms with Gasteiger partial charge in [0.05, 0.1) is 25.8 Å². The Kier molecular flexibility index (Phi) is 8.11. The number of methoxy groups -OCH3 is 1. The Morgan fingerprint density at radius 2 is 1.89 bits per heavy atom. The molecule has 0 saturated heterocycles. The second-order valence-electron chi connectivity index (χ2n) is 8.19. The van der Waals surface area contributed by atoms with Gasteiger partial charge < -0.3 is 29.3 Å². The second kappa shape index (κ2) is 11.6. The highest BCUT2D eigenvalue weighted by atomic mass is 19.2. The van der Waals surface area contributed by atoms with Crippen LogP contribution in [-0.2, 0) is 9.53 Å². The summed E-state index contributed by atoms with van der Waals surface area (Å²) < 4.78 is 48.1. The Morgan fingerprint density at radius 3 is 2.59 bits per heavy atom. The molecule has 0 radical (unpaired) electrons. The van der Waals surface area contributed by atoms with E-state index < -0.39 is 17.5 Å². The number of carbonyl (C=O) groups excluding carboxylic acids is 2. The summed E-state index contributed by atoms with van der Waals surface area (Å²) in [5.41, 5.74) is 0.393. The Morgan fingerprint density at radius 1 is 1.11 bits per heavy atom. The van der Waals surface area contributed by atoms with E-state index in [4.69, 9.17) is 18.6 Å². The number of halogens is 2. The lowest BCUT2D eigenvalue weighted by atomic mass is 9.87. The SMILES string of the molecule is CCOC(=O)[C@H]1CC[C@H](Oc2cc(OC)c(NC(=O)c3nnc(Nc4ccc(F)c(F)c4)o3)cn2)CC1. The molecule has 1 amide bonds. The van der Waals surface area contributed by atoms with Gasteiger partial charge in [-0.05, 0) is 44.7 Å². The number of ether oxygens (including phenoxy) is 3. The molecule has 1 aliphatic rings. The maximum Gasteiger partial charge on any atom is 0.320 e. The molecule has 1 saturated carbocycles. The number of nitrogens with zero attached hydrogens (tertiary/aromatic N) is 3. The first-order valence-corrected chi connectivity index (χ1v) is 11.6. The summed E-state index contributed by atoms with van der Waals surface area (Å²) in [7, 11) is 1.43. The summed E-state index contributed by atoms with van der Waals surface area (Å²) in [5.74, 6) is -2.87. The molecule has 0 aliphatic heterocycles.